The fourth-order valence-corrected chi connectivity index (χ4v) is 7.72. The molecule has 2 aliphatic carbocycles. The van der Waals surface area contributed by atoms with Crippen molar-refractivity contribution in [3.63, 3.8) is 0 Å². The Hall–Kier alpha value is -5.25. The largest absolute Gasteiger partial charge is 0.459 e. The van der Waals surface area contributed by atoms with Crippen LogP contribution in [-0.2, 0) is 52.4 Å². The third kappa shape index (κ3) is 7.56. The smallest absolute Gasteiger partial charge is 0.338 e. The lowest BCUT2D eigenvalue weighted by molar-refractivity contribution is -0.193. The van der Waals surface area contributed by atoms with Crippen LogP contribution in [0.3, 0.4) is 0 Å². The van der Waals surface area contributed by atoms with Crippen LogP contribution >= 0.6 is 0 Å². The van der Waals surface area contributed by atoms with Gasteiger partial charge in [-0.2, -0.15) is 0 Å². The van der Waals surface area contributed by atoms with Crippen LogP contribution < -0.4 is 0 Å². The minimum absolute atomic E-state index is 0.0184. The third-order valence-corrected chi connectivity index (χ3v) is 10.5. The van der Waals surface area contributed by atoms with Gasteiger partial charge in [0.05, 0.1) is 34.7 Å². The van der Waals surface area contributed by atoms with E-state index < -0.39 is 118 Å². The molecule has 0 spiro atoms. The molecule has 0 aromatic heterocycles. The van der Waals surface area contributed by atoms with E-state index in [9.17, 15) is 43.8 Å². The molecule has 3 fully saturated rings. The summed E-state index contributed by atoms with van der Waals surface area (Å²) in [5.41, 5.74) is -7.86. The van der Waals surface area contributed by atoms with Gasteiger partial charge in [-0.15, -0.1) is 0 Å². The summed E-state index contributed by atoms with van der Waals surface area (Å²) in [6, 6.07) is 14.9. The highest BCUT2D eigenvalue weighted by atomic mass is 16.6. The molecule has 294 valence electrons. The van der Waals surface area contributed by atoms with Crippen LogP contribution in [-0.4, -0.2) is 106 Å². The molecule has 1 aliphatic heterocycles. The summed E-state index contributed by atoms with van der Waals surface area (Å²) in [6.45, 7) is 12.3. The van der Waals surface area contributed by atoms with Crippen molar-refractivity contribution in [3.05, 3.63) is 83.9 Å². The summed E-state index contributed by atoms with van der Waals surface area (Å²) in [5, 5.41) is 25.1. The number of rotatable bonds is 7. The molecule has 15 nitrogen and oxygen atoms in total. The molecular weight excluding hydrogens is 720 g/mol. The molecule has 0 bridgehead atoms. The number of carbonyl (C=O) groups excluding carboxylic acids is 7. The minimum atomic E-state index is -3.08. The van der Waals surface area contributed by atoms with Crippen molar-refractivity contribution in [2.75, 3.05) is 0 Å². The van der Waals surface area contributed by atoms with Gasteiger partial charge in [0.15, 0.2) is 29.4 Å². The Labute approximate surface area is 316 Å². The van der Waals surface area contributed by atoms with E-state index in [2.05, 4.69) is 6.58 Å². The first-order chi connectivity index (χ1) is 25.6. The van der Waals surface area contributed by atoms with Crippen LogP contribution in [0.25, 0.3) is 0 Å². The minimum Gasteiger partial charge on any atom is -0.459 e. The summed E-state index contributed by atoms with van der Waals surface area (Å²) in [4.78, 5) is 95.4. The molecule has 1 saturated heterocycles. The highest BCUT2D eigenvalue weighted by molar-refractivity contribution is 5.96. The highest BCUT2D eigenvalue weighted by Gasteiger charge is 2.76. The Balaban J connectivity index is 1.85. The van der Waals surface area contributed by atoms with E-state index in [1.807, 2.05) is 0 Å². The van der Waals surface area contributed by atoms with Crippen molar-refractivity contribution < 1.29 is 72.2 Å². The van der Waals surface area contributed by atoms with E-state index in [-0.39, 0.29) is 11.1 Å². The molecule has 2 aromatic rings. The second-order valence-corrected chi connectivity index (χ2v) is 14.8. The molecule has 2 N–H and O–H groups in total. The molecule has 2 aromatic carbocycles. The number of ether oxygens (including phenoxy) is 6. The zero-order valence-corrected chi connectivity index (χ0v) is 31.4. The Bertz CT molecular complexity index is 1890. The Morgan fingerprint density at radius 3 is 1.62 bits per heavy atom. The second kappa shape index (κ2) is 15.1. The maximum atomic E-state index is 14.9. The SMILES string of the molecule is C=C1[C@H](OC(=O)c2ccccc2)[C@H]2[C@@H](OC(C)=O)[C@](C)(O)[C@H](OC(C)=O)[C@]2(O)C(=O)[C@@H](C)[C@@H]2O[C@H]2C(C)(C)C(=O)[C@H](OC(C)=O)[C@H]1OC(=O)c1ccccc1. The monoisotopic (exact) mass is 764 g/mol. The van der Waals surface area contributed by atoms with Gasteiger partial charge < -0.3 is 38.6 Å². The van der Waals surface area contributed by atoms with Crippen molar-refractivity contribution in [2.24, 2.45) is 17.3 Å². The number of esters is 5. The molecule has 0 unspecified atom stereocenters. The second-order valence-electron chi connectivity index (χ2n) is 14.8. The quantitative estimate of drug-likeness (QED) is 0.179. The average Bonchev–Trinajstić information content (AvgIpc) is 3.93. The maximum absolute atomic E-state index is 14.9. The standard InChI is InChI=1S/C40H44O15/c1-19-27(54-35(46)24-15-11-9-12-16-24)26-33(51-22(4)42)39(8,48)37(52-23(5)43)40(26,49)31(44)20(2)29-34(53-29)38(6,7)32(45)30(50-21(3)41)28(19)55-36(47)25-17-13-10-14-18-25/h9-18,20,26-30,33-34,37,48-49H,1H2,2-8H3/t20-,26-,27-,28-,29-,30+,33+,34+,37-,39-,40+/m0/s1. The topological polar surface area (TPSA) is 219 Å². The van der Waals surface area contributed by atoms with Gasteiger partial charge in [0.1, 0.15) is 17.8 Å². The van der Waals surface area contributed by atoms with Gasteiger partial charge in [-0.1, -0.05) is 63.7 Å². The number of hydrogen-bond donors (Lipinski definition) is 2. The fourth-order valence-electron chi connectivity index (χ4n) is 7.72. The lowest BCUT2D eigenvalue weighted by atomic mass is 9.70. The molecule has 0 amide bonds. The molecule has 55 heavy (non-hydrogen) atoms. The molecule has 2 saturated carbocycles. The van der Waals surface area contributed by atoms with Crippen molar-refractivity contribution in [1.82, 2.24) is 0 Å². The molecule has 3 aliphatic rings. The first kappa shape index (κ1) is 40.9. The maximum Gasteiger partial charge on any atom is 0.338 e. The predicted molar refractivity (Wildman–Crippen MR) is 188 cm³/mol. The zero-order chi connectivity index (χ0) is 40.8. The van der Waals surface area contributed by atoms with Gasteiger partial charge in [0.25, 0.3) is 0 Å². The number of hydrogen-bond acceptors (Lipinski definition) is 15. The van der Waals surface area contributed by atoms with E-state index in [0.29, 0.717) is 0 Å². The van der Waals surface area contributed by atoms with E-state index in [1.165, 1.54) is 69.3 Å². The lowest BCUT2D eigenvalue weighted by Crippen LogP contribution is -2.62. The van der Waals surface area contributed by atoms with Crippen molar-refractivity contribution in [3.8, 4) is 0 Å². The summed E-state index contributed by atoms with van der Waals surface area (Å²) in [6.07, 6.45) is -12.5. The number of epoxide rings is 1. The molecular formula is C40H44O15. The van der Waals surface area contributed by atoms with Gasteiger partial charge in [0.2, 0.25) is 6.10 Å². The van der Waals surface area contributed by atoms with E-state index >= 15 is 0 Å². The molecule has 11 atom stereocenters. The number of ketones is 2. The number of fused-ring (bicyclic) bond motifs is 2. The zero-order valence-electron chi connectivity index (χ0n) is 31.4. The average molecular weight is 765 g/mol. The lowest BCUT2D eigenvalue weighted by Gasteiger charge is -2.42. The van der Waals surface area contributed by atoms with Gasteiger partial charge in [-0.25, -0.2) is 9.59 Å². The van der Waals surface area contributed by atoms with E-state index in [4.69, 9.17) is 28.4 Å². The fraction of sp³-hybridized carbons (Fsp3) is 0.475. The molecule has 15 heteroatoms. The van der Waals surface area contributed by atoms with Crippen LogP contribution in [0.2, 0.25) is 0 Å². The third-order valence-electron chi connectivity index (χ3n) is 10.5. The van der Waals surface area contributed by atoms with Gasteiger partial charge >= 0.3 is 29.8 Å². The van der Waals surface area contributed by atoms with Crippen molar-refractivity contribution in [2.45, 2.75) is 102 Å². The Morgan fingerprint density at radius 1 is 0.673 bits per heavy atom. The first-order valence-electron chi connectivity index (χ1n) is 17.6. The van der Waals surface area contributed by atoms with Gasteiger partial charge in [0, 0.05) is 32.3 Å². The van der Waals surface area contributed by atoms with Crippen LogP contribution in [0.5, 0.6) is 0 Å². The van der Waals surface area contributed by atoms with E-state index in [0.717, 1.165) is 27.7 Å². The normalized spacial score (nSPS) is 34.1. The summed E-state index contributed by atoms with van der Waals surface area (Å²) in [5.74, 6) is -10.6. The molecule has 0 radical (unpaired) electrons. The van der Waals surface area contributed by atoms with E-state index in [1.54, 1.807) is 12.1 Å². The number of aliphatic hydroxyl groups is 2. The van der Waals surface area contributed by atoms with Crippen LogP contribution in [0.1, 0.15) is 69.2 Å². The molecule has 1 heterocycles. The van der Waals surface area contributed by atoms with Crippen molar-refractivity contribution >= 4 is 41.4 Å². The summed E-state index contributed by atoms with van der Waals surface area (Å²) >= 11 is 0. The number of carbonyl (C=O) groups is 7. The summed E-state index contributed by atoms with van der Waals surface area (Å²) < 4.78 is 34.6. The molecule has 5 rings (SSSR count). The predicted octanol–water partition coefficient (Wildman–Crippen LogP) is 2.48. The van der Waals surface area contributed by atoms with Crippen LogP contribution in [0.15, 0.2) is 72.8 Å². The number of Topliss-reactive ketones (excluding diaryl/α,β-unsaturated/α-hetero) is 2. The van der Waals surface area contributed by atoms with Crippen molar-refractivity contribution in [1.29, 1.82) is 0 Å². The van der Waals surface area contributed by atoms with Crippen LogP contribution in [0, 0.1) is 17.3 Å². The Kier molecular flexibility index (Phi) is 11.2. The van der Waals surface area contributed by atoms with Crippen LogP contribution in [0.4, 0.5) is 0 Å². The van der Waals surface area contributed by atoms with Gasteiger partial charge in [-0.05, 0) is 31.2 Å². The highest BCUT2D eigenvalue weighted by Crippen LogP contribution is 2.54. The first-order valence-corrected chi connectivity index (χ1v) is 17.6. The Morgan fingerprint density at radius 2 is 1.15 bits per heavy atom. The number of benzene rings is 2. The summed E-state index contributed by atoms with van der Waals surface area (Å²) in [7, 11) is 0. The van der Waals surface area contributed by atoms with Gasteiger partial charge in [-0.3, -0.25) is 24.0 Å².